The number of piperidine rings is 1. The third-order valence-electron chi connectivity index (χ3n) is 12.4. The Balaban J connectivity index is 0.899. The van der Waals surface area contributed by atoms with Crippen LogP contribution in [0.4, 0.5) is 16.2 Å². The Hall–Kier alpha value is -5.63. The molecule has 0 saturated carbocycles. The van der Waals surface area contributed by atoms with Crippen LogP contribution in [-0.2, 0) is 29.7 Å². The summed E-state index contributed by atoms with van der Waals surface area (Å²) in [5, 5.41) is 20.9. The number of carbonyl (C=O) groups excluding carboxylic acids is 3. The number of aromatic amines is 1. The summed E-state index contributed by atoms with van der Waals surface area (Å²) in [5.41, 5.74) is 5.03. The van der Waals surface area contributed by atoms with E-state index in [1.54, 1.807) is 24.1 Å². The van der Waals surface area contributed by atoms with Crippen molar-refractivity contribution in [3.05, 3.63) is 125 Å². The number of aromatic nitrogens is 1. The van der Waals surface area contributed by atoms with E-state index in [-0.39, 0.29) is 47.9 Å². The molecule has 0 spiro atoms. The van der Waals surface area contributed by atoms with Crippen LogP contribution in [0.3, 0.4) is 0 Å². The average molecular weight is 935 g/mol. The number of aromatic hydroxyl groups is 1. The SMILES string of the molecule is C[SiH2]OC(O[SiH2]C)C(C)(C)[C@H](CNCc1ccc(NC(=O)CCCN(C)C(=O)CCN2CCC(OC(=O)Nc3ccccc3-c3ccccc3)CC2)cc1)c1ccc(O)c2[nH]c(=O)ccc12. The van der Waals surface area contributed by atoms with Crippen molar-refractivity contribution in [2.45, 2.75) is 83.9 Å². The Morgan fingerprint density at radius 2 is 1.58 bits per heavy atom. The van der Waals surface area contributed by atoms with Gasteiger partial charge in [-0.2, -0.15) is 0 Å². The molecule has 0 aliphatic carbocycles. The van der Waals surface area contributed by atoms with Gasteiger partial charge in [0.15, 0.2) is 19.5 Å². The minimum absolute atomic E-state index is 0.0193. The molecule has 1 saturated heterocycles. The van der Waals surface area contributed by atoms with E-state index in [9.17, 15) is 24.3 Å². The molecule has 4 aromatic carbocycles. The number of likely N-dealkylation sites (tertiary alicyclic amines) is 1. The van der Waals surface area contributed by atoms with E-state index < -0.39 is 31.0 Å². The van der Waals surface area contributed by atoms with Gasteiger partial charge in [0.25, 0.3) is 0 Å². The minimum atomic E-state index is -0.773. The van der Waals surface area contributed by atoms with Crippen molar-refractivity contribution < 1.29 is 33.1 Å². The first kappa shape index (κ1) is 49.8. The molecule has 1 aliphatic rings. The molecule has 0 bridgehead atoms. The van der Waals surface area contributed by atoms with Gasteiger partial charge in [0.2, 0.25) is 17.4 Å². The van der Waals surface area contributed by atoms with E-state index in [0.29, 0.717) is 68.8 Å². The maximum absolute atomic E-state index is 13.0. The van der Waals surface area contributed by atoms with Crippen molar-refractivity contribution in [2.24, 2.45) is 5.41 Å². The molecule has 0 radical (unpaired) electrons. The zero-order valence-electron chi connectivity index (χ0n) is 38.9. The molecule has 5 N–H and O–H groups in total. The summed E-state index contributed by atoms with van der Waals surface area (Å²) < 4.78 is 18.3. The Labute approximate surface area is 392 Å². The molecular weight excluding hydrogens is 869 g/mol. The highest BCUT2D eigenvalue weighted by atomic mass is 28.2. The van der Waals surface area contributed by atoms with E-state index in [1.165, 1.54) is 6.07 Å². The first-order valence-corrected chi connectivity index (χ1v) is 27.1. The monoisotopic (exact) mass is 934 g/mol. The number of nitrogens with zero attached hydrogens (tertiary/aromatic N) is 2. The maximum Gasteiger partial charge on any atom is 0.411 e. The summed E-state index contributed by atoms with van der Waals surface area (Å²) in [6, 6.07) is 32.1. The van der Waals surface area contributed by atoms with E-state index in [0.717, 1.165) is 40.7 Å². The van der Waals surface area contributed by atoms with Crippen molar-refractivity contribution in [3.8, 4) is 16.9 Å². The molecule has 1 atom stereocenters. The van der Waals surface area contributed by atoms with Crippen LogP contribution in [0.1, 0.15) is 63.0 Å². The van der Waals surface area contributed by atoms with E-state index >= 15 is 0 Å². The maximum atomic E-state index is 13.0. The number of benzene rings is 4. The van der Waals surface area contributed by atoms with Crippen molar-refractivity contribution >= 4 is 59.7 Å². The van der Waals surface area contributed by atoms with Crippen molar-refractivity contribution in [2.75, 3.05) is 50.4 Å². The molecule has 1 aliphatic heterocycles. The van der Waals surface area contributed by atoms with Gasteiger partial charge in [0.1, 0.15) is 18.1 Å². The number of rotatable bonds is 22. The largest absolute Gasteiger partial charge is 0.506 e. The molecule has 1 fully saturated rings. The fourth-order valence-electron chi connectivity index (χ4n) is 8.62. The molecule has 6 rings (SSSR count). The Morgan fingerprint density at radius 1 is 0.879 bits per heavy atom. The van der Waals surface area contributed by atoms with Crippen LogP contribution >= 0.6 is 0 Å². The molecule has 0 unspecified atom stereocenters. The van der Waals surface area contributed by atoms with Crippen LogP contribution in [0.25, 0.3) is 22.0 Å². The van der Waals surface area contributed by atoms with Crippen LogP contribution in [0.15, 0.2) is 108 Å². The molecule has 3 amide bonds. The Bertz CT molecular complexity index is 2420. The normalized spacial score (nSPS) is 14.7. The molecule has 66 heavy (non-hydrogen) atoms. The van der Waals surface area contributed by atoms with E-state index in [4.69, 9.17) is 13.6 Å². The van der Waals surface area contributed by atoms with Crippen LogP contribution in [0, 0.1) is 5.41 Å². The smallest absolute Gasteiger partial charge is 0.411 e. The standard InChI is InChI=1S/C50H66N6O8Si2/c1-50(2,48(63-65-4)64-66-5)41(39-21-23-43(57)47-40(39)22-24-45(59)54-47)33-51-32-34-17-19-36(20-18-34)52-44(58)16-11-28-55(3)46(60)27-31-56-29-25-37(26-30-56)62-49(61)53-42-15-10-9-14-38(42)35-12-7-6-8-13-35/h6-10,12-15,17-24,37,41,48,51,57H,11,16,25-33,65-66H2,1-5H3,(H,52,58)(H,53,61)(H,54,59)/t41-/m1/s1. The number of hydrogen-bond donors (Lipinski definition) is 5. The van der Waals surface area contributed by atoms with Crippen molar-refractivity contribution in [1.82, 2.24) is 20.1 Å². The van der Waals surface area contributed by atoms with Gasteiger partial charge in [0.05, 0.1) is 11.2 Å². The number of amides is 3. The lowest BCUT2D eigenvalue weighted by Crippen LogP contribution is -2.43. The zero-order chi connectivity index (χ0) is 47.1. The number of phenolic OH excluding ortho intramolecular Hbond substituents is 1. The average Bonchev–Trinajstić information content (AvgIpc) is 3.31. The van der Waals surface area contributed by atoms with Crippen LogP contribution < -0.4 is 21.5 Å². The van der Waals surface area contributed by atoms with Gasteiger partial charge in [-0.1, -0.05) is 93.7 Å². The van der Waals surface area contributed by atoms with Gasteiger partial charge >= 0.3 is 6.09 Å². The number of H-pyrrole nitrogens is 1. The third-order valence-corrected chi connectivity index (χ3v) is 13.6. The highest BCUT2D eigenvalue weighted by molar-refractivity contribution is 6.26. The fraction of sp³-hybridized carbons (Fsp3) is 0.400. The summed E-state index contributed by atoms with van der Waals surface area (Å²) in [7, 11) is 0.231. The molecule has 14 nitrogen and oxygen atoms in total. The van der Waals surface area contributed by atoms with Gasteiger partial charge in [-0.05, 0) is 66.3 Å². The summed E-state index contributed by atoms with van der Waals surface area (Å²) in [5.74, 6) is -0.167. The van der Waals surface area contributed by atoms with Crippen LogP contribution in [0.2, 0.25) is 13.1 Å². The van der Waals surface area contributed by atoms with E-state index in [2.05, 4.69) is 52.8 Å². The first-order chi connectivity index (χ1) is 31.9. The molecule has 2 heterocycles. The van der Waals surface area contributed by atoms with Gasteiger partial charge in [-0.25, -0.2) is 4.79 Å². The van der Waals surface area contributed by atoms with Gasteiger partial charge in [-0.3, -0.25) is 19.7 Å². The predicted octanol–water partition coefficient (Wildman–Crippen LogP) is 6.70. The summed E-state index contributed by atoms with van der Waals surface area (Å²) >= 11 is 0. The van der Waals surface area contributed by atoms with Crippen molar-refractivity contribution in [1.29, 1.82) is 0 Å². The number of carbonyl (C=O) groups is 3. The number of anilines is 2. The lowest BCUT2D eigenvalue weighted by Gasteiger charge is -2.41. The lowest BCUT2D eigenvalue weighted by atomic mass is 9.73. The number of hydrogen-bond acceptors (Lipinski definition) is 10. The molecule has 352 valence electrons. The second kappa shape index (κ2) is 24.2. The van der Waals surface area contributed by atoms with Gasteiger partial charge in [-0.15, -0.1) is 0 Å². The molecule has 16 heteroatoms. The van der Waals surface area contributed by atoms with Gasteiger partial charge in [0, 0.05) is 93.2 Å². The third kappa shape index (κ3) is 13.7. The summed E-state index contributed by atoms with van der Waals surface area (Å²) in [4.78, 5) is 57.6. The highest BCUT2D eigenvalue weighted by Crippen LogP contribution is 2.43. The number of ether oxygens (including phenoxy) is 1. The summed E-state index contributed by atoms with van der Waals surface area (Å²) in [6.07, 6.45) is 1.56. The quantitative estimate of drug-likeness (QED) is 0.0371. The van der Waals surface area contributed by atoms with E-state index in [1.807, 2.05) is 84.9 Å². The second-order valence-electron chi connectivity index (χ2n) is 17.4. The number of para-hydroxylation sites is 1. The topological polar surface area (TPSA) is 175 Å². The molecule has 1 aromatic heterocycles. The van der Waals surface area contributed by atoms with Crippen LogP contribution in [0.5, 0.6) is 5.75 Å². The number of nitrogens with one attached hydrogen (secondary N) is 4. The fourth-order valence-corrected chi connectivity index (χ4v) is 10.5. The number of fused-ring (bicyclic) bond motifs is 1. The number of pyridine rings is 1. The second-order valence-corrected chi connectivity index (χ2v) is 19.3. The van der Waals surface area contributed by atoms with Gasteiger partial charge < -0.3 is 44.1 Å². The minimum Gasteiger partial charge on any atom is -0.506 e. The highest BCUT2D eigenvalue weighted by Gasteiger charge is 2.40. The molecular formula is C50H66N6O8Si2. The Kier molecular flexibility index (Phi) is 18.3. The first-order valence-electron chi connectivity index (χ1n) is 23.1. The number of phenols is 1. The van der Waals surface area contributed by atoms with Crippen LogP contribution in [-0.4, -0.2) is 109 Å². The van der Waals surface area contributed by atoms with Crippen molar-refractivity contribution in [3.63, 3.8) is 0 Å². The Morgan fingerprint density at radius 3 is 2.29 bits per heavy atom. The predicted molar refractivity (Wildman–Crippen MR) is 267 cm³/mol. The molecule has 5 aromatic rings. The zero-order valence-corrected chi connectivity index (χ0v) is 41.8. The lowest BCUT2D eigenvalue weighted by molar-refractivity contribution is -0.130. The summed E-state index contributed by atoms with van der Waals surface area (Å²) in [6.45, 7) is 12.2.